The molecule has 0 aliphatic rings. The number of nitrogens with one attached hydrogen (secondary N) is 1. The zero-order valence-electron chi connectivity index (χ0n) is 17.9. The average Bonchev–Trinajstić information content (AvgIpc) is 2.67. The first kappa shape index (κ1) is 20.6. The first-order valence-electron chi connectivity index (χ1n) is 9.87. The molecule has 0 spiro atoms. The lowest BCUT2D eigenvalue weighted by Crippen LogP contribution is -2.32. The van der Waals surface area contributed by atoms with E-state index in [-0.39, 0.29) is 22.9 Å². The van der Waals surface area contributed by atoms with E-state index in [2.05, 4.69) is 31.3 Å². The molecule has 1 amide bonds. The monoisotopic (exact) mass is 392 g/mol. The molecule has 3 rings (SSSR count). The molecule has 29 heavy (non-hydrogen) atoms. The van der Waals surface area contributed by atoms with Crippen LogP contribution >= 0.6 is 0 Å². The number of amides is 1. The Morgan fingerprint density at radius 3 is 2.48 bits per heavy atom. The summed E-state index contributed by atoms with van der Waals surface area (Å²) in [5.74, 6) is 0.244. The third-order valence-corrected chi connectivity index (χ3v) is 5.41. The van der Waals surface area contributed by atoms with Crippen molar-refractivity contribution in [2.24, 2.45) is 7.05 Å². The van der Waals surface area contributed by atoms with Crippen molar-refractivity contribution in [2.45, 2.75) is 40.7 Å². The predicted molar refractivity (Wildman–Crippen MR) is 117 cm³/mol. The van der Waals surface area contributed by atoms with E-state index < -0.39 is 0 Å². The van der Waals surface area contributed by atoms with E-state index in [9.17, 15) is 9.59 Å². The lowest BCUT2D eigenvalue weighted by Gasteiger charge is -2.19. The zero-order chi connectivity index (χ0) is 21.3. The molecule has 0 aliphatic heterocycles. The van der Waals surface area contributed by atoms with E-state index in [1.54, 1.807) is 16.8 Å². The normalized spacial score (nSPS) is 12.1. The highest BCUT2D eigenvalue weighted by Crippen LogP contribution is 2.22. The van der Waals surface area contributed by atoms with Gasteiger partial charge in [0.05, 0.1) is 23.6 Å². The van der Waals surface area contributed by atoms with Crippen molar-refractivity contribution in [1.29, 1.82) is 0 Å². The molecule has 1 aromatic heterocycles. The van der Waals surface area contributed by atoms with Crippen molar-refractivity contribution in [1.82, 2.24) is 9.88 Å². The molecule has 1 unspecified atom stereocenters. The Bertz CT molecular complexity index is 1150. The number of benzene rings is 2. The third kappa shape index (κ3) is 4.04. The summed E-state index contributed by atoms with van der Waals surface area (Å²) in [6.45, 7) is 10.5. The Hall–Kier alpha value is -3.08. The van der Waals surface area contributed by atoms with Gasteiger partial charge in [-0.1, -0.05) is 12.1 Å². The van der Waals surface area contributed by atoms with Gasteiger partial charge in [-0.3, -0.25) is 9.59 Å². The van der Waals surface area contributed by atoms with Crippen LogP contribution in [0.2, 0.25) is 0 Å². The van der Waals surface area contributed by atoms with E-state index in [0.717, 1.165) is 16.6 Å². The van der Waals surface area contributed by atoms with E-state index in [0.29, 0.717) is 17.7 Å². The van der Waals surface area contributed by atoms with Gasteiger partial charge in [-0.2, -0.15) is 0 Å². The van der Waals surface area contributed by atoms with Gasteiger partial charge in [0.1, 0.15) is 11.3 Å². The predicted octanol–water partition coefficient (Wildman–Crippen LogP) is 4.35. The number of fused-ring (bicyclic) bond motifs is 1. The highest BCUT2D eigenvalue weighted by atomic mass is 16.5. The summed E-state index contributed by atoms with van der Waals surface area (Å²) in [6, 6.07) is 9.38. The van der Waals surface area contributed by atoms with Crippen molar-refractivity contribution in [3.8, 4) is 5.75 Å². The maximum atomic E-state index is 13.0. The molecule has 152 valence electrons. The molecule has 0 aliphatic carbocycles. The highest BCUT2D eigenvalue weighted by molar-refractivity contribution is 5.97. The fraction of sp³-hybridized carbons (Fsp3) is 0.333. The second kappa shape index (κ2) is 8.11. The smallest absolute Gasteiger partial charge is 0.257 e. The molecule has 1 N–H and O–H groups in total. The number of aryl methyl sites for hydroxylation is 4. The highest BCUT2D eigenvalue weighted by Gasteiger charge is 2.19. The average molecular weight is 392 g/mol. The molecule has 0 saturated heterocycles. The van der Waals surface area contributed by atoms with E-state index in [1.807, 2.05) is 40.0 Å². The Kier molecular flexibility index (Phi) is 5.78. The van der Waals surface area contributed by atoms with E-state index in [1.165, 1.54) is 11.1 Å². The first-order valence-corrected chi connectivity index (χ1v) is 9.87. The van der Waals surface area contributed by atoms with Crippen LogP contribution in [-0.4, -0.2) is 17.1 Å². The van der Waals surface area contributed by atoms with Crippen LogP contribution < -0.4 is 15.5 Å². The second-order valence-corrected chi connectivity index (χ2v) is 7.58. The number of nitrogens with zero attached hydrogens (tertiary/aromatic N) is 1. The second-order valence-electron chi connectivity index (χ2n) is 7.58. The molecule has 0 bridgehead atoms. The molecule has 5 heteroatoms. The molecule has 2 aromatic carbocycles. The number of carbonyl (C=O) groups is 1. The van der Waals surface area contributed by atoms with Gasteiger partial charge in [0.15, 0.2) is 0 Å². The molecule has 0 saturated carbocycles. The number of carbonyl (C=O) groups excluding carboxylic acids is 1. The summed E-state index contributed by atoms with van der Waals surface area (Å²) in [7, 11) is 1.83. The van der Waals surface area contributed by atoms with Crippen LogP contribution in [0.25, 0.3) is 10.9 Å². The summed E-state index contributed by atoms with van der Waals surface area (Å²) >= 11 is 0. The summed E-state index contributed by atoms with van der Waals surface area (Å²) < 4.78 is 7.32. The SMILES string of the molecule is CCOc1ccc2c(c1)c(=O)c(C(=O)NC(C)c1cc(C)c(C)cc1C)cn2C. The Labute approximate surface area is 171 Å². The van der Waals surface area contributed by atoms with Crippen LogP contribution in [0.4, 0.5) is 0 Å². The Balaban J connectivity index is 1.97. The minimum atomic E-state index is -0.376. The van der Waals surface area contributed by atoms with Crippen LogP contribution in [0, 0.1) is 20.8 Å². The van der Waals surface area contributed by atoms with Gasteiger partial charge >= 0.3 is 0 Å². The van der Waals surface area contributed by atoms with Crippen LogP contribution in [0.15, 0.2) is 41.3 Å². The van der Waals surface area contributed by atoms with Crippen LogP contribution in [0.5, 0.6) is 5.75 Å². The lowest BCUT2D eigenvalue weighted by atomic mass is 9.96. The molecule has 3 aromatic rings. The molecular formula is C24H28N2O3. The molecule has 5 nitrogen and oxygen atoms in total. The van der Waals surface area contributed by atoms with E-state index in [4.69, 9.17) is 4.74 Å². The number of rotatable bonds is 5. The topological polar surface area (TPSA) is 60.3 Å². The third-order valence-electron chi connectivity index (χ3n) is 5.41. The van der Waals surface area contributed by atoms with E-state index >= 15 is 0 Å². The minimum absolute atomic E-state index is 0.127. The summed E-state index contributed by atoms with van der Waals surface area (Å²) in [5.41, 5.74) is 5.16. The number of ether oxygens (including phenoxy) is 1. The van der Waals surface area contributed by atoms with Crippen LogP contribution in [0.1, 0.15) is 52.5 Å². The van der Waals surface area contributed by atoms with Crippen LogP contribution in [-0.2, 0) is 7.05 Å². The zero-order valence-corrected chi connectivity index (χ0v) is 17.9. The van der Waals surface area contributed by atoms with Crippen molar-refractivity contribution < 1.29 is 9.53 Å². The maximum Gasteiger partial charge on any atom is 0.257 e. The quantitative estimate of drug-likeness (QED) is 0.702. The minimum Gasteiger partial charge on any atom is -0.494 e. The first-order chi connectivity index (χ1) is 13.7. The fourth-order valence-corrected chi connectivity index (χ4v) is 3.69. The number of hydrogen-bond acceptors (Lipinski definition) is 3. The summed E-state index contributed by atoms with van der Waals surface area (Å²) in [6.07, 6.45) is 1.60. The van der Waals surface area contributed by atoms with Gasteiger partial charge in [-0.05, 0) is 75.1 Å². The van der Waals surface area contributed by atoms with Gasteiger partial charge < -0.3 is 14.6 Å². The Morgan fingerprint density at radius 1 is 1.10 bits per heavy atom. The van der Waals surface area contributed by atoms with Gasteiger partial charge in [0.25, 0.3) is 5.91 Å². The number of hydrogen-bond donors (Lipinski definition) is 1. The van der Waals surface area contributed by atoms with Crippen LogP contribution in [0.3, 0.4) is 0 Å². The molecular weight excluding hydrogens is 364 g/mol. The standard InChI is InChI=1S/C24H28N2O3/c1-7-29-18-8-9-22-20(12-18)23(27)21(13-26(22)6)24(28)25-17(5)19-11-15(3)14(2)10-16(19)4/h8-13,17H,7H2,1-6H3,(H,25,28). The summed E-state index contributed by atoms with van der Waals surface area (Å²) in [5, 5.41) is 3.46. The van der Waals surface area contributed by atoms with Crippen molar-refractivity contribution in [2.75, 3.05) is 6.61 Å². The molecule has 1 heterocycles. The maximum absolute atomic E-state index is 13.0. The number of pyridine rings is 1. The molecule has 0 radical (unpaired) electrons. The van der Waals surface area contributed by atoms with Crippen molar-refractivity contribution in [3.63, 3.8) is 0 Å². The van der Waals surface area contributed by atoms with Gasteiger partial charge in [-0.25, -0.2) is 0 Å². The fourth-order valence-electron chi connectivity index (χ4n) is 3.69. The van der Waals surface area contributed by atoms with Gasteiger partial charge in [0.2, 0.25) is 5.43 Å². The molecule has 1 atom stereocenters. The lowest BCUT2D eigenvalue weighted by molar-refractivity contribution is 0.0938. The van der Waals surface area contributed by atoms with Crippen molar-refractivity contribution in [3.05, 3.63) is 74.6 Å². The van der Waals surface area contributed by atoms with Gasteiger partial charge in [-0.15, -0.1) is 0 Å². The van der Waals surface area contributed by atoms with Crippen molar-refractivity contribution >= 4 is 16.8 Å². The summed E-state index contributed by atoms with van der Waals surface area (Å²) in [4.78, 5) is 26.0. The van der Waals surface area contributed by atoms with Gasteiger partial charge in [0, 0.05) is 13.2 Å². The Morgan fingerprint density at radius 2 is 1.79 bits per heavy atom. The number of aromatic nitrogens is 1. The molecule has 0 fully saturated rings. The largest absolute Gasteiger partial charge is 0.494 e.